The summed E-state index contributed by atoms with van der Waals surface area (Å²) in [5.41, 5.74) is -0.383. The van der Waals surface area contributed by atoms with E-state index in [1.54, 1.807) is 27.8 Å². The van der Waals surface area contributed by atoms with Gasteiger partial charge in [-0.3, -0.25) is 4.79 Å². The van der Waals surface area contributed by atoms with Crippen LogP contribution in [-0.4, -0.2) is 42.6 Å². The molecule has 0 aliphatic carbocycles. The highest BCUT2D eigenvalue weighted by molar-refractivity contribution is 5.97. The van der Waals surface area contributed by atoms with Crippen molar-refractivity contribution in [2.24, 2.45) is 0 Å². The van der Waals surface area contributed by atoms with Gasteiger partial charge in [-0.05, 0) is 33.6 Å². The Morgan fingerprint density at radius 2 is 2.17 bits per heavy atom. The molecular weight excluding hydrogens is 234 g/mol. The molecular formula is C13H21NO4. The van der Waals surface area contributed by atoms with Crippen LogP contribution in [0.25, 0.3) is 0 Å². The van der Waals surface area contributed by atoms with Crippen molar-refractivity contribution in [3.8, 4) is 0 Å². The quantitative estimate of drug-likeness (QED) is 0.714. The Hall–Kier alpha value is -1.52. The van der Waals surface area contributed by atoms with E-state index in [9.17, 15) is 9.59 Å². The summed E-state index contributed by atoms with van der Waals surface area (Å²) < 4.78 is 10.1. The Morgan fingerprint density at radius 3 is 2.67 bits per heavy atom. The number of carbonyl (C=O) groups excluding carboxylic acids is 2. The van der Waals surface area contributed by atoms with Gasteiger partial charge in [0.25, 0.3) is 5.91 Å². The summed E-state index contributed by atoms with van der Waals surface area (Å²) in [5.74, 6) is -0.592. The lowest BCUT2D eigenvalue weighted by Gasteiger charge is -2.34. The first kappa shape index (κ1) is 14.5. The molecule has 0 fully saturated rings. The summed E-state index contributed by atoms with van der Waals surface area (Å²) in [4.78, 5) is 25.5. The molecule has 0 radical (unpaired) electrons. The van der Waals surface area contributed by atoms with Crippen LogP contribution in [0.3, 0.4) is 0 Å². The number of likely N-dealkylation sites (N-methyl/N-ethyl adjacent to an activating group) is 1. The topological polar surface area (TPSA) is 55.8 Å². The molecule has 0 aromatic carbocycles. The maximum absolute atomic E-state index is 12.2. The molecule has 0 unspecified atom stereocenters. The van der Waals surface area contributed by atoms with Crippen LogP contribution in [-0.2, 0) is 19.1 Å². The largest absolute Gasteiger partial charge is 0.501 e. The third-order valence-electron chi connectivity index (χ3n) is 3.13. The summed E-state index contributed by atoms with van der Waals surface area (Å²) in [5, 5.41) is 0. The summed E-state index contributed by atoms with van der Waals surface area (Å²) >= 11 is 0. The van der Waals surface area contributed by atoms with Crippen LogP contribution in [0.1, 0.15) is 33.6 Å². The second kappa shape index (κ2) is 5.89. The average Bonchev–Trinajstić information content (AvgIpc) is 2.38. The number of carbonyl (C=O) groups is 2. The number of ether oxygens (including phenoxy) is 2. The molecule has 0 spiro atoms. The normalized spacial score (nSPS) is 15.4. The van der Waals surface area contributed by atoms with Crippen molar-refractivity contribution in [3.05, 3.63) is 11.8 Å². The predicted octanol–water partition coefficient (Wildman–Crippen LogP) is 1.48. The van der Waals surface area contributed by atoms with Gasteiger partial charge in [-0.2, -0.15) is 0 Å². The second-order valence-corrected chi connectivity index (χ2v) is 4.76. The fourth-order valence-electron chi connectivity index (χ4n) is 1.64. The van der Waals surface area contributed by atoms with Crippen LogP contribution in [0.2, 0.25) is 0 Å². The summed E-state index contributed by atoms with van der Waals surface area (Å²) in [6.45, 7) is 6.03. The molecule has 5 heteroatoms. The second-order valence-electron chi connectivity index (χ2n) is 4.76. The molecule has 1 rings (SSSR count). The summed E-state index contributed by atoms with van der Waals surface area (Å²) in [6, 6.07) is 0. The smallest absolute Gasteiger partial charge is 0.331 e. The van der Waals surface area contributed by atoms with Gasteiger partial charge in [-0.15, -0.1) is 0 Å². The fourth-order valence-corrected chi connectivity index (χ4v) is 1.64. The van der Waals surface area contributed by atoms with Crippen LogP contribution in [0.4, 0.5) is 0 Å². The monoisotopic (exact) mass is 255 g/mol. The molecule has 18 heavy (non-hydrogen) atoms. The van der Waals surface area contributed by atoms with Crippen LogP contribution < -0.4 is 0 Å². The number of nitrogens with zero attached hydrogens (tertiary/aromatic N) is 1. The third kappa shape index (κ3) is 3.03. The van der Waals surface area contributed by atoms with Crippen LogP contribution in [0, 0.1) is 0 Å². The summed E-state index contributed by atoms with van der Waals surface area (Å²) in [7, 11) is 1.61. The number of hydrogen-bond acceptors (Lipinski definition) is 4. The molecule has 1 aliphatic heterocycles. The maximum Gasteiger partial charge on any atom is 0.331 e. The van der Waals surface area contributed by atoms with Gasteiger partial charge in [-0.1, -0.05) is 0 Å². The minimum atomic E-state index is -0.981. The molecule has 0 N–H and O–H groups in total. The zero-order chi connectivity index (χ0) is 13.8. The molecule has 0 aromatic heterocycles. The van der Waals surface area contributed by atoms with Crippen molar-refractivity contribution in [2.45, 2.75) is 39.2 Å². The molecule has 0 bridgehead atoms. The Labute approximate surface area is 108 Å². The van der Waals surface area contributed by atoms with Gasteiger partial charge in [0.2, 0.25) is 0 Å². The van der Waals surface area contributed by atoms with Crippen molar-refractivity contribution in [1.82, 2.24) is 4.90 Å². The molecule has 102 valence electrons. The molecule has 0 saturated carbocycles. The highest BCUT2D eigenvalue weighted by Crippen LogP contribution is 2.21. The lowest BCUT2D eigenvalue weighted by molar-refractivity contribution is -0.159. The number of hydrogen-bond donors (Lipinski definition) is 0. The fraction of sp³-hybridized carbons (Fsp3) is 0.692. The maximum atomic E-state index is 12.2. The molecule has 1 heterocycles. The number of amides is 1. The van der Waals surface area contributed by atoms with Gasteiger partial charge in [0, 0.05) is 7.05 Å². The Balaban J connectivity index is 2.78. The van der Waals surface area contributed by atoms with Gasteiger partial charge >= 0.3 is 5.97 Å². The first-order valence-electron chi connectivity index (χ1n) is 6.17. The van der Waals surface area contributed by atoms with E-state index in [-0.39, 0.29) is 5.91 Å². The van der Waals surface area contributed by atoms with Crippen molar-refractivity contribution in [1.29, 1.82) is 0 Å². The zero-order valence-electron chi connectivity index (χ0n) is 11.5. The van der Waals surface area contributed by atoms with Crippen molar-refractivity contribution in [2.75, 3.05) is 20.3 Å². The van der Waals surface area contributed by atoms with Gasteiger partial charge < -0.3 is 14.4 Å². The van der Waals surface area contributed by atoms with E-state index in [4.69, 9.17) is 9.47 Å². The average molecular weight is 255 g/mol. The molecule has 0 aromatic rings. The van der Waals surface area contributed by atoms with Crippen LogP contribution in [0.15, 0.2) is 11.8 Å². The van der Waals surface area contributed by atoms with Gasteiger partial charge in [0.1, 0.15) is 5.54 Å². The van der Waals surface area contributed by atoms with E-state index >= 15 is 0 Å². The van der Waals surface area contributed by atoms with E-state index in [0.717, 1.165) is 6.42 Å². The lowest BCUT2D eigenvalue weighted by atomic mass is 10.0. The Bertz CT molecular complexity index is 360. The Kier molecular flexibility index (Phi) is 4.76. The molecule has 5 nitrogen and oxygen atoms in total. The summed E-state index contributed by atoms with van der Waals surface area (Å²) in [6.07, 6.45) is 3.00. The Morgan fingerprint density at radius 1 is 1.50 bits per heavy atom. The third-order valence-corrected chi connectivity index (χ3v) is 3.13. The van der Waals surface area contributed by atoms with E-state index in [2.05, 4.69) is 0 Å². The predicted molar refractivity (Wildman–Crippen MR) is 66.8 cm³/mol. The molecule has 1 amide bonds. The van der Waals surface area contributed by atoms with Crippen LogP contribution in [0.5, 0.6) is 0 Å². The van der Waals surface area contributed by atoms with E-state index in [0.29, 0.717) is 25.2 Å². The van der Waals surface area contributed by atoms with Crippen molar-refractivity contribution >= 4 is 11.9 Å². The van der Waals surface area contributed by atoms with Crippen molar-refractivity contribution < 1.29 is 19.1 Å². The first-order valence-corrected chi connectivity index (χ1v) is 6.17. The number of esters is 1. The highest BCUT2D eigenvalue weighted by Gasteiger charge is 2.37. The van der Waals surface area contributed by atoms with Crippen molar-refractivity contribution in [3.63, 3.8) is 0 Å². The van der Waals surface area contributed by atoms with Gasteiger partial charge in [0.15, 0.2) is 0 Å². The number of rotatable bonds is 4. The van der Waals surface area contributed by atoms with E-state index in [1.165, 1.54) is 11.2 Å². The SMILES string of the molecule is CCOC(=O)C(C)(C)N(C)C(=O)C1=COCCC1. The minimum Gasteiger partial charge on any atom is -0.501 e. The first-order chi connectivity index (χ1) is 8.41. The molecule has 0 atom stereocenters. The van der Waals surface area contributed by atoms with Gasteiger partial charge in [0.05, 0.1) is 25.0 Å². The minimum absolute atomic E-state index is 0.187. The van der Waals surface area contributed by atoms with E-state index < -0.39 is 11.5 Å². The zero-order valence-corrected chi connectivity index (χ0v) is 11.5. The van der Waals surface area contributed by atoms with Crippen LogP contribution >= 0.6 is 0 Å². The van der Waals surface area contributed by atoms with E-state index in [1.807, 2.05) is 0 Å². The molecule has 0 saturated heterocycles. The lowest BCUT2D eigenvalue weighted by Crippen LogP contribution is -2.52. The molecule has 1 aliphatic rings. The van der Waals surface area contributed by atoms with Gasteiger partial charge in [-0.25, -0.2) is 4.79 Å². The standard InChI is InChI=1S/C13H21NO4/c1-5-18-12(16)13(2,3)14(4)11(15)10-7-6-8-17-9-10/h9H,5-8H2,1-4H3. The highest BCUT2D eigenvalue weighted by atomic mass is 16.5.